The molecule has 0 bridgehead atoms. The fraction of sp³-hybridized carbons (Fsp3) is 0.857. The average molecular weight is 222 g/mol. The van der Waals surface area contributed by atoms with E-state index in [1.54, 1.807) is 0 Å². The second kappa shape index (κ2) is 3.84. The monoisotopic (exact) mass is 222 g/mol. The van der Waals surface area contributed by atoms with Crippen LogP contribution in [0, 0.1) is 0 Å². The van der Waals surface area contributed by atoms with Crippen LogP contribution >= 0.6 is 0 Å². The number of carboxylic acid groups (broad SMARTS) is 1. The molecule has 1 aliphatic rings. The van der Waals surface area contributed by atoms with Crippen LogP contribution in [-0.4, -0.2) is 45.4 Å². The highest BCUT2D eigenvalue weighted by Crippen LogP contribution is 2.01. The van der Waals surface area contributed by atoms with Crippen LogP contribution in [-0.2, 0) is 15.0 Å². The van der Waals surface area contributed by atoms with Gasteiger partial charge in [0.15, 0.2) is 0 Å². The van der Waals surface area contributed by atoms with Crippen LogP contribution in [0.3, 0.4) is 0 Å². The Hall–Kier alpha value is -0.660. The standard InChI is InChI=1S/C7H14N2O4S/c1-8(2)14(12,13)9-5-3-4-6(9)7(10)11/h6H,3-5H2,1-2H3,(H,10,11)/t6-/m0/s1. The lowest BCUT2D eigenvalue weighted by Crippen LogP contribution is -3.18. The van der Waals surface area contributed by atoms with Crippen molar-refractivity contribution in [3.8, 4) is 0 Å². The normalized spacial score (nSPS) is 28.2. The van der Waals surface area contributed by atoms with Crippen LogP contribution in [0.4, 0.5) is 0 Å². The number of aliphatic carboxylic acids is 1. The molecule has 1 aliphatic heterocycles. The molecular weight excluding hydrogens is 208 g/mol. The Morgan fingerprint density at radius 2 is 2.07 bits per heavy atom. The van der Waals surface area contributed by atoms with E-state index in [0.29, 0.717) is 19.4 Å². The van der Waals surface area contributed by atoms with E-state index in [4.69, 9.17) is 0 Å². The molecule has 1 heterocycles. The van der Waals surface area contributed by atoms with Gasteiger partial charge >= 0.3 is 10.2 Å². The summed E-state index contributed by atoms with van der Waals surface area (Å²) in [6.45, 7) is 0.332. The summed E-state index contributed by atoms with van der Waals surface area (Å²) >= 11 is 0. The predicted molar refractivity (Wildman–Crippen MR) is 46.5 cm³/mol. The molecule has 6 nitrogen and oxygen atoms in total. The molecule has 82 valence electrons. The van der Waals surface area contributed by atoms with Gasteiger partial charge in [0.1, 0.15) is 12.0 Å². The van der Waals surface area contributed by atoms with Gasteiger partial charge in [0.25, 0.3) is 0 Å². The summed E-state index contributed by atoms with van der Waals surface area (Å²) in [5.41, 5.74) is 0. The van der Waals surface area contributed by atoms with Gasteiger partial charge in [0.05, 0.1) is 6.54 Å². The first kappa shape index (κ1) is 11.4. The fourth-order valence-corrected chi connectivity index (χ4v) is 3.05. The van der Waals surface area contributed by atoms with E-state index in [0.717, 1.165) is 4.31 Å². The number of hydrogen-bond acceptors (Lipinski definition) is 4. The lowest BCUT2D eigenvalue weighted by molar-refractivity contribution is -0.777. The third-order valence-corrected chi connectivity index (χ3v) is 4.51. The lowest BCUT2D eigenvalue weighted by Gasteiger charge is -2.23. The largest absolute Gasteiger partial charge is 0.544 e. The molecule has 1 fully saturated rings. The minimum Gasteiger partial charge on any atom is -0.544 e. The first-order valence-corrected chi connectivity index (χ1v) is 5.80. The molecular formula is C7H14N2O4S. The van der Waals surface area contributed by atoms with Gasteiger partial charge < -0.3 is 9.90 Å². The van der Waals surface area contributed by atoms with E-state index < -0.39 is 22.2 Å². The summed E-state index contributed by atoms with van der Waals surface area (Å²) in [4.78, 5) is 10.7. The molecule has 2 atom stereocenters. The van der Waals surface area contributed by atoms with Crippen molar-refractivity contribution in [2.75, 3.05) is 20.6 Å². The Balaban J connectivity index is 2.93. The maximum absolute atomic E-state index is 11.6. The minimum absolute atomic E-state index is 0.0856. The third-order valence-electron chi connectivity index (χ3n) is 2.40. The van der Waals surface area contributed by atoms with Crippen molar-refractivity contribution in [2.45, 2.75) is 18.9 Å². The first-order chi connectivity index (χ1) is 6.37. The molecule has 1 saturated heterocycles. The van der Waals surface area contributed by atoms with E-state index in [1.807, 2.05) is 0 Å². The second-order valence-corrected chi connectivity index (χ2v) is 5.72. The van der Waals surface area contributed by atoms with Crippen molar-refractivity contribution in [1.82, 2.24) is 4.31 Å². The van der Waals surface area contributed by atoms with Gasteiger partial charge in [-0.15, -0.1) is 0 Å². The number of hydrogen-bond donors (Lipinski definition) is 1. The highest BCUT2D eigenvalue weighted by molar-refractivity contribution is 7.82. The molecule has 0 aromatic rings. The van der Waals surface area contributed by atoms with Crippen LogP contribution in [0.2, 0.25) is 0 Å². The fourth-order valence-electron chi connectivity index (χ4n) is 1.61. The quantitative estimate of drug-likeness (QED) is 0.539. The van der Waals surface area contributed by atoms with E-state index in [9.17, 15) is 18.3 Å². The zero-order chi connectivity index (χ0) is 10.9. The summed E-state index contributed by atoms with van der Waals surface area (Å²) < 4.78 is 24.4. The molecule has 0 aliphatic carbocycles. The molecule has 1 rings (SSSR count). The summed E-state index contributed by atoms with van der Waals surface area (Å²) in [6, 6.07) is -0.928. The van der Waals surface area contributed by atoms with E-state index in [1.165, 1.54) is 14.1 Å². The third kappa shape index (κ3) is 1.89. The van der Waals surface area contributed by atoms with Gasteiger partial charge in [-0.25, -0.2) is 4.31 Å². The molecule has 1 N–H and O–H groups in total. The molecule has 7 heteroatoms. The zero-order valence-corrected chi connectivity index (χ0v) is 9.00. The van der Waals surface area contributed by atoms with Gasteiger partial charge in [-0.2, -0.15) is 12.7 Å². The molecule has 1 unspecified atom stereocenters. The SMILES string of the molecule is CN(C)S(=O)(=O)[NH+]1CCC[C@H]1C(=O)[O-]. The molecule has 0 amide bonds. The highest BCUT2D eigenvalue weighted by Gasteiger charge is 2.40. The molecule has 0 radical (unpaired) electrons. The van der Waals surface area contributed by atoms with Gasteiger partial charge in [-0.1, -0.05) is 0 Å². The number of carbonyl (C=O) groups excluding carboxylic acids is 1. The summed E-state index contributed by atoms with van der Waals surface area (Å²) in [6.07, 6.45) is 0.964. The van der Waals surface area contributed by atoms with E-state index in [-0.39, 0.29) is 4.31 Å². The molecule has 0 aromatic carbocycles. The molecule has 0 aromatic heterocycles. The Labute approximate surface area is 83.3 Å². The summed E-state index contributed by atoms with van der Waals surface area (Å²) in [5, 5.41) is 10.7. The van der Waals surface area contributed by atoms with E-state index >= 15 is 0 Å². The van der Waals surface area contributed by atoms with Crippen molar-refractivity contribution < 1.29 is 22.6 Å². The maximum atomic E-state index is 11.6. The molecule has 0 spiro atoms. The Morgan fingerprint density at radius 1 is 1.50 bits per heavy atom. The number of rotatable bonds is 3. The highest BCUT2D eigenvalue weighted by atomic mass is 32.2. The van der Waals surface area contributed by atoms with Crippen molar-refractivity contribution in [1.29, 1.82) is 0 Å². The van der Waals surface area contributed by atoms with E-state index in [2.05, 4.69) is 0 Å². The van der Waals surface area contributed by atoms with Crippen LogP contribution < -0.4 is 9.41 Å². The van der Waals surface area contributed by atoms with Crippen molar-refractivity contribution in [3.05, 3.63) is 0 Å². The van der Waals surface area contributed by atoms with Crippen LogP contribution in [0.1, 0.15) is 12.8 Å². The van der Waals surface area contributed by atoms with Crippen LogP contribution in [0.15, 0.2) is 0 Å². The number of quaternary nitrogens is 1. The van der Waals surface area contributed by atoms with Crippen LogP contribution in [0.5, 0.6) is 0 Å². The van der Waals surface area contributed by atoms with Crippen molar-refractivity contribution >= 4 is 16.2 Å². The minimum atomic E-state index is -3.54. The van der Waals surface area contributed by atoms with Gasteiger partial charge in [0, 0.05) is 26.9 Å². The lowest BCUT2D eigenvalue weighted by atomic mass is 10.2. The average Bonchev–Trinajstić information content (AvgIpc) is 2.51. The topological polar surface area (TPSA) is 82.0 Å². The summed E-state index contributed by atoms with van der Waals surface area (Å²) in [7, 11) is -0.750. The zero-order valence-electron chi connectivity index (χ0n) is 8.19. The second-order valence-electron chi connectivity index (χ2n) is 3.52. The number of nitrogens with one attached hydrogen (secondary N) is 1. The number of carbonyl (C=O) groups is 1. The molecule has 14 heavy (non-hydrogen) atoms. The van der Waals surface area contributed by atoms with Crippen molar-refractivity contribution in [3.63, 3.8) is 0 Å². The Bertz CT molecular complexity index is 325. The Morgan fingerprint density at radius 3 is 2.50 bits per heavy atom. The predicted octanol–water partition coefficient (Wildman–Crippen LogP) is -3.41. The number of nitrogens with zero attached hydrogens (tertiary/aromatic N) is 1. The van der Waals surface area contributed by atoms with Gasteiger partial charge in [0.2, 0.25) is 0 Å². The molecule has 0 saturated carbocycles. The van der Waals surface area contributed by atoms with Gasteiger partial charge in [-0.3, -0.25) is 0 Å². The Kier molecular flexibility index (Phi) is 3.13. The number of carboxylic acids is 1. The van der Waals surface area contributed by atoms with Gasteiger partial charge in [-0.05, 0) is 0 Å². The van der Waals surface area contributed by atoms with Crippen molar-refractivity contribution in [2.24, 2.45) is 0 Å². The first-order valence-electron chi connectivity index (χ1n) is 4.36. The smallest absolute Gasteiger partial charge is 0.371 e. The maximum Gasteiger partial charge on any atom is 0.371 e. The van der Waals surface area contributed by atoms with Crippen LogP contribution in [0.25, 0.3) is 0 Å². The summed E-state index contributed by atoms with van der Waals surface area (Å²) in [5.74, 6) is -1.29.